The Kier molecular flexibility index (Phi) is 10.6. The Morgan fingerprint density at radius 2 is 2.04 bits per heavy atom. The standard InChI is InChI=1S/C18H30N4O2.HI/c1-4-22(5-2)11-12-24-16-8-7-15(13-17(16)23-3)14-21-18-19-9-6-10-20-18;/h7-8,13H,4-6,9-12,14H2,1-3H3,(H2,19,20,21);1H. The molecular formula is C18H31IN4O2. The third kappa shape index (κ3) is 7.27. The average Bonchev–Trinajstić information content (AvgIpc) is 2.65. The molecule has 25 heavy (non-hydrogen) atoms. The summed E-state index contributed by atoms with van der Waals surface area (Å²) in [6.07, 6.45) is 1.10. The van der Waals surface area contributed by atoms with Crippen LogP contribution in [0.1, 0.15) is 25.8 Å². The second kappa shape index (κ2) is 12.2. The van der Waals surface area contributed by atoms with Crippen molar-refractivity contribution in [1.29, 1.82) is 0 Å². The maximum atomic E-state index is 5.89. The number of guanidine groups is 1. The summed E-state index contributed by atoms with van der Waals surface area (Å²) >= 11 is 0. The molecule has 142 valence electrons. The fourth-order valence-corrected chi connectivity index (χ4v) is 2.60. The Hall–Kier alpha value is -1.22. The maximum Gasteiger partial charge on any atom is 0.191 e. The van der Waals surface area contributed by atoms with Gasteiger partial charge in [-0.25, -0.2) is 0 Å². The third-order valence-electron chi connectivity index (χ3n) is 4.14. The Balaban J connectivity index is 0.00000312. The zero-order valence-electron chi connectivity index (χ0n) is 15.5. The summed E-state index contributed by atoms with van der Waals surface area (Å²) in [5, 5.41) is 6.57. The van der Waals surface area contributed by atoms with Crippen molar-refractivity contribution in [3.05, 3.63) is 23.8 Å². The predicted molar refractivity (Wildman–Crippen MR) is 113 cm³/mol. The van der Waals surface area contributed by atoms with E-state index in [1.54, 1.807) is 7.11 Å². The van der Waals surface area contributed by atoms with Gasteiger partial charge in [-0.05, 0) is 37.2 Å². The molecule has 0 bridgehead atoms. The van der Waals surface area contributed by atoms with Crippen molar-refractivity contribution in [3.63, 3.8) is 0 Å². The van der Waals surface area contributed by atoms with Crippen LogP contribution in [0, 0.1) is 0 Å². The number of nitrogens with zero attached hydrogens (tertiary/aromatic N) is 2. The largest absolute Gasteiger partial charge is 0.493 e. The Labute approximate surface area is 168 Å². The third-order valence-corrected chi connectivity index (χ3v) is 4.14. The molecule has 1 aromatic carbocycles. The second-order valence-electron chi connectivity index (χ2n) is 5.72. The number of likely N-dealkylation sites (N-methyl/N-ethyl adjacent to an activating group) is 1. The molecule has 7 heteroatoms. The van der Waals surface area contributed by atoms with Gasteiger partial charge >= 0.3 is 0 Å². The number of nitrogens with one attached hydrogen (secondary N) is 2. The molecule has 0 atom stereocenters. The van der Waals surface area contributed by atoms with Crippen LogP contribution in [0.15, 0.2) is 23.2 Å². The van der Waals surface area contributed by atoms with Crippen LogP contribution < -0.4 is 20.1 Å². The highest BCUT2D eigenvalue weighted by Gasteiger charge is 2.08. The maximum absolute atomic E-state index is 5.89. The molecule has 0 aliphatic carbocycles. The van der Waals surface area contributed by atoms with E-state index in [1.165, 1.54) is 0 Å². The van der Waals surface area contributed by atoms with Gasteiger partial charge < -0.3 is 25.0 Å². The van der Waals surface area contributed by atoms with E-state index in [0.717, 1.165) is 62.2 Å². The molecule has 1 aliphatic rings. The van der Waals surface area contributed by atoms with E-state index >= 15 is 0 Å². The summed E-state index contributed by atoms with van der Waals surface area (Å²) < 4.78 is 11.4. The molecule has 1 aliphatic heterocycles. The number of hydrogen-bond acceptors (Lipinski definition) is 6. The first-order valence-electron chi connectivity index (χ1n) is 8.81. The minimum atomic E-state index is 0. The van der Waals surface area contributed by atoms with Gasteiger partial charge in [0.1, 0.15) is 6.61 Å². The van der Waals surface area contributed by atoms with Gasteiger partial charge in [0.2, 0.25) is 0 Å². The van der Waals surface area contributed by atoms with Gasteiger partial charge in [-0.15, -0.1) is 24.0 Å². The summed E-state index contributed by atoms with van der Waals surface area (Å²) in [4.78, 5) is 6.75. The lowest BCUT2D eigenvalue weighted by Gasteiger charge is -2.19. The molecule has 0 aromatic heterocycles. The van der Waals surface area contributed by atoms with Gasteiger partial charge in [-0.1, -0.05) is 19.9 Å². The lowest BCUT2D eigenvalue weighted by molar-refractivity contribution is 0.217. The number of halogens is 1. The van der Waals surface area contributed by atoms with Crippen LogP contribution in [0.2, 0.25) is 0 Å². The predicted octanol–water partition coefficient (Wildman–Crippen LogP) is 2.47. The first-order chi connectivity index (χ1) is 11.8. The van der Waals surface area contributed by atoms with Crippen molar-refractivity contribution in [1.82, 2.24) is 15.5 Å². The van der Waals surface area contributed by atoms with Crippen molar-refractivity contribution in [3.8, 4) is 11.5 Å². The smallest absolute Gasteiger partial charge is 0.191 e. The second-order valence-corrected chi connectivity index (χ2v) is 5.72. The van der Waals surface area contributed by atoms with Crippen LogP contribution in [0.3, 0.4) is 0 Å². The van der Waals surface area contributed by atoms with E-state index in [-0.39, 0.29) is 24.0 Å². The zero-order valence-corrected chi connectivity index (χ0v) is 17.8. The van der Waals surface area contributed by atoms with Crippen LogP contribution in [0.25, 0.3) is 0 Å². The molecule has 0 radical (unpaired) electrons. The topological polar surface area (TPSA) is 58.1 Å². The van der Waals surface area contributed by atoms with E-state index in [0.29, 0.717) is 13.2 Å². The van der Waals surface area contributed by atoms with Crippen LogP contribution in [-0.4, -0.2) is 57.3 Å². The van der Waals surface area contributed by atoms with Crippen LogP contribution >= 0.6 is 24.0 Å². The number of hydrogen-bond donors (Lipinski definition) is 2. The van der Waals surface area contributed by atoms with Crippen molar-refractivity contribution < 1.29 is 9.47 Å². The van der Waals surface area contributed by atoms with E-state index in [2.05, 4.69) is 40.4 Å². The van der Waals surface area contributed by atoms with Gasteiger partial charge in [0.25, 0.3) is 0 Å². The first-order valence-corrected chi connectivity index (χ1v) is 8.81. The summed E-state index contributed by atoms with van der Waals surface area (Å²) in [6.45, 7) is 10.6. The normalized spacial score (nSPS) is 13.5. The highest BCUT2D eigenvalue weighted by molar-refractivity contribution is 14.0. The van der Waals surface area contributed by atoms with Crippen molar-refractivity contribution in [2.45, 2.75) is 26.8 Å². The number of rotatable bonds is 9. The van der Waals surface area contributed by atoms with Crippen molar-refractivity contribution >= 4 is 29.9 Å². The molecular weight excluding hydrogens is 431 g/mol. The van der Waals surface area contributed by atoms with Crippen LogP contribution in [-0.2, 0) is 6.54 Å². The highest BCUT2D eigenvalue weighted by atomic mass is 127. The van der Waals surface area contributed by atoms with Gasteiger partial charge in [-0.3, -0.25) is 4.99 Å². The van der Waals surface area contributed by atoms with Gasteiger partial charge in [-0.2, -0.15) is 0 Å². The van der Waals surface area contributed by atoms with E-state index < -0.39 is 0 Å². The molecule has 1 aromatic rings. The molecule has 0 amide bonds. The molecule has 2 rings (SSSR count). The summed E-state index contributed by atoms with van der Waals surface area (Å²) in [6, 6.07) is 6.06. The number of benzene rings is 1. The highest BCUT2D eigenvalue weighted by Crippen LogP contribution is 2.28. The van der Waals surface area contributed by atoms with Gasteiger partial charge in [0.05, 0.1) is 7.11 Å². The minimum absolute atomic E-state index is 0. The van der Waals surface area contributed by atoms with Crippen molar-refractivity contribution in [2.75, 3.05) is 46.4 Å². The number of aliphatic imine (C=N–C) groups is 1. The molecule has 0 saturated heterocycles. The zero-order chi connectivity index (χ0) is 17.2. The summed E-state index contributed by atoms with van der Waals surface area (Å²) in [5.41, 5.74) is 1.14. The average molecular weight is 462 g/mol. The molecule has 1 heterocycles. The Morgan fingerprint density at radius 1 is 1.24 bits per heavy atom. The van der Waals surface area contributed by atoms with Crippen LogP contribution in [0.4, 0.5) is 0 Å². The number of methoxy groups -OCH3 is 1. The summed E-state index contributed by atoms with van der Waals surface area (Å²) in [5.74, 6) is 2.44. The van der Waals surface area contributed by atoms with E-state index in [4.69, 9.17) is 9.47 Å². The molecule has 6 nitrogen and oxygen atoms in total. The monoisotopic (exact) mass is 462 g/mol. The van der Waals surface area contributed by atoms with Crippen molar-refractivity contribution in [2.24, 2.45) is 4.99 Å². The molecule has 0 unspecified atom stereocenters. The molecule has 0 saturated carbocycles. The fraction of sp³-hybridized carbons (Fsp3) is 0.611. The number of ether oxygens (including phenoxy) is 2. The molecule has 0 spiro atoms. The van der Waals surface area contributed by atoms with Crippen LogP contribution in [0.5, 0.6) is 11.5 Å². The van der Waals surface area contributed by atoms with Gasteiger partial charge in [0.15, 0.2) is 17.5 Å². The quantitative estimate of drug-likeness (QED) is 0.553. The van der Waals surface area contributed by atoms with E-state index in [1.807, 2.05) is 12.1 Å². The minimum Gasteiger partial charge on any atom is -0.493 e. The summed E-state index contributed by atoms with van der Waals surface area (Å²) in [7, 11) is 1.68. The fourth-order valence-electron chi connectivity index (χ4n) is 2.60. The molecule has 2 N–H and O–H groups in total. The first kappa shape index (κ1) is 21.8. The Bertz CT molecular complexity index is 536. The lowest BCUT2D eigenvalue weighted by atomic mass is 10.2. The van der Waals surface area contributed by atoms with Gasteiger partial charge in [0, 0.05) is 26.2 Å². The van der Waals surface area contributed by atoms with E-state index in [9.17, 15) is 0 Å². The lowest BCUT2D eigenvalue weighted by Crippen LogP contribution is -2.40. The SMILES string of the molecule is CCN(CC)CCOc1ccc(CNC2=NCCCN2)cc1OC.I. The molecule has 0 fully saturated rings. The Morgan fingerprint density at radius 3 is 2.68 bits per heavy atom.